The van der Waals surface area contributed by atoms with Crippen LogP contribution in [-0.2, 0) is 27.2 Å². The number of rotatable bonds is 5. The van der Waals surface area contributed by atoms with E-state index in [1.54, 1.807) is 6.92 Å². The first kappa shape index (κ1) is 20.7. The van der Waals surface area contributed by atoms with Gasteiger partial charge in [0.25, 0.3) is 0 Å². The Bertz CT molecular complexity index is 937. The third kappa shape index (κ3) is 5.08. The van der Waals surface area contributed by atoms with Crippen LogP contribution in [0.5, 0.6) is 0 Å². The third-order valence-electron chi connectivity index (χ3n) is 4.60. The molecule has 0 radical (unpaired) electrons. The fourth-order valence-electron chi connectivity index (χ4n) is 3.17. The highest BCUT2D eigenvalue weighted by Crippen LogP contribution is 2.40. The van der Waals surface area contributed by atoms with E-state index in [2.05, 4.69) is 22.8 Å². The first-order chi connectivity index (χ1) is 14.0. The summed E-state index contributed by atoms with van der Waals surface area (Å²) >= 11 is 1.34. The molecule has 1 atom stereocenters. The molecule has 1 aliphatic carbocycles. The van der Waals surface area contributed by atoms with Crippen molar-refractivity contribution in [2.45, 2.75) is 33.1 Å². The summed E-state index contributed by atoms with van der Waals surface area (Å²) < 4.78 is 5.17. The Balaban J connectivity index is 1.72. The molecule has 2 N–H and O–H groups in total. The molecule has 1 aliphatic rings. The number of carbonyl (C=O) groups is 3. The van der Waals surface area contributed by atoms with Gasteiger partial charge in [-0.3, -0.25) is 9.59 Å². The lowest BCUT2D eigenvalue weighted by atomic mass is 9.88. The molecule has 29 heavy (non-hydrogen) atoms. The molecule has 1 unspecified atom stereocenters. The van der Waals surface area contributed by atoms with Crippen LogP contribution in [0.4, 0.5) is 5.00 Å². The van der Waals surface area contributed by atoms with Gasteiger partial charge < -0.3 is 10.1 Å². The molecule has 1 heterocycles. The maximum atomic E-state index is 12.5. The minimum absolute atomic E-state index is 0.238. The summed E-state index contributed by atoms with van der Waals surface area (Å²) in [7, 11) is 0. The number of thiophene rings is 1. The number of amides is 2. The van der Waals surface area contributed by atoms with Crippen molar-refractivity contribution in [1.29, 1.82) is 0 Å². The summed E-state index contributed by atoms with van der Waals surface area (Å²) in [5.41, 5.74) is 4.28. The molecular formula is C21H23N3O4S. The van der Waals surface area contributed by atoms with Crippen LogP contribution >= 0.6 is 11.3 Å². The smallest absolute Gasteiger partial charge is 0.341 e. The molecule has 0 saturated heterocycles. The second kappa shape index (κ2) is 9.47. The maximum absolute atomic E-state index is 12.5. The van der Waals surface area contributed by atoms with E-state index in [0.717, 1.165) is 35.3 Å². The van der Waals surface area contributed by atoms with Gasteiger partial charge in [-0.05, 0) is 43.2 Å². The molecule has 1 aromatic heterocycles. The number of hydrogen-bond acceptors (Lipinski definition) is 6. The fraction of sp³-hybridized carbons (Fsp3) is 0.333. The zero-order chi connectivity index (χ0) is 20.8. The van der Waals surface area contributed by atoms with Crippen molar-refractivity contribution in [3.63, 3.8) is 0 Å². The van der Waals surface area contributed by atoms with Crippen molar-refractivity contribution in [3.05, 3.63) is 51.9 Å². The van der Waals surface area contributed by atoms with Crippen LogP contribution in [0, 0.1) is 5.92 Å². The van der Waals surface area contributed by atoms with Crippen LogP contribution in [-0.4, -0.2) is 30.6 Å². The molecule has 0 spiro atoms. The predicted molar refractivity (Wildman–Crippen MR) is 112 cm³/mol. The van der Waals surface area contributed by atoms with E-state index in [1.165, 1.54) is 17.6 Å². The van der Waals surface area contributed by atoms with Gasteiger partial charge >= 0.3 is 17.8 Å². The van der Waals surface area contributed by atoms with E-state index in [9.17, 15) is 14.4 Å². The molecule has 0 aliphatic heterocycles. The van der Waals surface area contributed by atoms with Gasteiger partial charge in [0.2, 0.25) is 0 Å². The highest BCUT2D eigenvalue weighted by atomic mass is 32.1. The summed E-state index contributed by atoms with van der Waals surface area (Å²) in [4.78, 5) is 37.9. The van der Waals surface area contributed by atoms with E-state index in [1.807, 2.05) is 30.3 Å². The van der Waals surface area contributed by atoms with E-state index >= 15 is 0 Å². The van der Waals surface area contributed by atoms with E-state index in [4.69, 9.17) is 4.74 Å². The zero-order valence-electron chi connectivity index (χ0n) is 16.4. The van der Waals surface area contributed by atoms with Crippen LogP contribution in [0.3, 0.4) is 0 Å². The van der Waals surface area contributed by atoms with Crippen molar-refractivity contribution in [2.75, 3.05) is 11.9 Å². The van der Waals surface area contributed by atoms with Gasteiger partial charge in [-0.15, -0.1) is 11.3 Å². The molecule has 2 aromatic rings. The standard InChI is InChI=1S/C21H23N3O4S/c1-3-28-21(27)17-15-10-9-13(2)11-16(15)29-20(17)23-18(25)19(26)24-22-12-14-7-5-4-6-8-14/h4-8,12-13H,3,9-11H2,1-2H3,(H,23,25)(H,24,26). The van der Waals surface area contributed by atoms with E-state index < -0.39 is 17.8 Å². The van der Waals surface area contributed by atoms with Crippen LogP contribution in [0.2, 0.25) is 0 Å². The average Bonchev–Trinajstić information content (AvgIpc) is 3.05. The number of anilines is 1. The number of hydrazone groups is 1. The number of carbonyl (C=O) groups excluding carboxylic acids is 3. The van der Waals surface area contributed by atoms with Crippen LogP contribution in [0.1, 0.15) is 46.6 Å². The van der Waals surface area contributed by atoms with Crippen molar-refractivity contribution < 1.29 is 19.1 Å². The summed E-state index contributed by atoms with van der Waals surface area (Å²) in [5, 5.41) is 6.71. The molecule has 7 nitrogen and oxygen atoms in total. The van der Waals surface area contributed by atoms with Crippen molar-refractivity contribution in [2.24, 2.45) is 11.0 Å². The normalized spacial score (nSPS) is 15.6. The Labute approximate surface area is 173 Å². The molecule has 0 bridgehead atoms. The minimum atomic E-state index is -0.910. The number of fused-ring (bicyclic) bond motifs is 1. The topological polar surface area (TPSA) is 96.9 Å². The largest absolute Gasteiger partial charge is 0.462 e. The van der Waals surface area contributed by atoms with Crippen molar-refractivity contribution in [3.8, 4) is 0 Å². The quantitative estimate of drug-likeness (QED) is 0.341. The Hall–Kier alpha value is -3.00. The molecule has 0 fully saturated rings. The van der Waals surface area contributed by atoms with Crippen LogP contribution in [0.25, 0.3) is 0 Å². The van der Waals surface area contributed by atoms with Gasteiger partial charge in [-0.1, -0.05) is 37.3 Å². The molecule has 3 rings (SSSR count). The van der Waals surface area contributed by atoms with E-state index in [-0.39, 0.29) is 6.61 Å². The first-order valence-corrected chi connectivity index (χ1v) is 10.3. The van der Waals surface area contributed by atoms with Gasteiger partial charge in [0.05, 0.1) is 18.4 Å². The Morgan fingerprint density at radius 3 is 2.72 bits per heavy atom. The SMILES string of the molecule is CCOC(=O)c1c(NC(=O)C(=O)NN=Cc2ccccc2)sc2c1CCC(C)C2. The number of nitrogens with one attached hydrogen (secondary N) is 2. The Kier molecular flexibility index (Phi) is 6.77. The maximum Gasteiger partial charge on any atom is 0.341 e. The van der Waals surface area contributed by atoms with Gasteiger partial charge in [0, 0.05) is 4.88 Å². The molecule has 1 aromatic carbocycles. The molecular weight excluding hydrogens is 390 g/mol. The van der Waals surface area contributed by atoms with Gasteiger partial charge in [0.15, 0.2) is 0 Å². The lowest BCUT2D eigenvalue weighted by molar-refractivity contribution is -0.136. The number of nitrogens with zero attached hydrogens (tertiary/aromatic N) is 1. The molecule has 152 valence electrons. The number of ether oxygens (including phenoxy) is 1. The second-order valence-electron chi connectivity index (χ2n) is 6.84. The lowest BCUT2D eigenvalue weighted by Crippen LogP contribution is -2.32. The molecule has 2 amide bonds. The summed E-state index contributed by atoms with van der Waals surface area (Å²) in [6, 6.07) is 9.18. The Morgan fingerprint density at radius 1 is 1.24 bits per heavy atom. The monoisotopic (exact) mass is 413 g/mol. The van der Waals surface area contributed by atoms with Crippen molar-refractivity contribution in [1.82, 2.24) is 5.43 Å². The summed E-state index contributed by atoms with van der Waals surface area (Å²) in [6.07, 6.45) is 4.01. The van der Waals surface area contributed by atoms with Crippen LogP contribution < -0.4 is 10.7 Å². The van der Waals surface area contributed by atoms with Gasteiger partial charge in [-0.25, -0.2) is 10.2 Å². The van der Waals surface area contributed by atoms with Gasteiger partial charge in [0.1, 0.15) is 5.00 Å². The third-order valence-corrected chi connectivity index (χ3v) is 5.77. The summed E-state index contributed by atoms with van der Waals surface area (Å²) in [6.45, 7) is 4.13. The number of hydrogen-bond donors (Lipinski definition) is 2. The molecule has 0 saturated carbocycles. The van der Waals surface area contributed by atoms with Crippen LogP contribution in [0.15, 0.2) is 35.4 Å². The lowest BCUT2D eigenvalue weighted by Gasteiger charge is -2.18. The fourth-order valence-corrected chi connectivity index (χ4v) is 4.57. The second-order valence-corrected chi connectivity index (χ2v) is 7.95. The minimum Gasteiger partial charge on any atom is -0.462 e. The van der Waals surface area contributed by atoms with Crippen molar-refractivity contribution >= 4 is 40.3 Å². The number of esters is 1. The highest BCUT2D eigenvalue weighted by molar-refractivity contribution is 7.17. The Morgan fingerprint density at radius 2 is 2.00 bits per heavy atom. The first-order valence-electron chi connectivity index (χ1n) is 9.50. The predicted octanol–water partition coefficient (Wildman–Crippen LogP) is 3.14. The zero-order valence-corrected chi connectivity index (χ0v) is 17.2. The van der Waals surface area contributed by atoms with E-state index in [0.29, 0.717) is 16.5 Å². The highest BCUT2D eigenvalue weighted by Gasteiger charge is 2.30. The summed E-state index contributed by atoms with van der Waals surface area (Å²) in [5.74, 6) is -1.76. The van der Waals surface area contributed by atoms with Gasteiger partial charge in [-0.2, -0.15) is 5.10 Å². The average molecular weight is 413 g/mol. The number of benzene rings is 1. The molecule has 8 heteroatoms.